The number of amides is 2. The second-order valence-electron chi connectivity index (χ2n) is 5.67. The lowest BCUT2D eigenvalue weighted by Crippen LogP contribution is -2.47. The normalized spacial score (nSPS) is 15.5. The van der Waals surface area contributed by atoms with E-state index in [2.05, 4.69) is 5.32 Å². The van der Waals surface area contributed by atoms with Gasteiger partial charge in [-0.1, -0.05) is 12.1 Å². The van der Waals surface area contributed by atoms with E-state index in [0.717, 1.165) is 0 Å². The highest BCUT2D eigenvalue weighted by atomic mass is 16.5. The molecule has 0 fully saturated rings. The van der Waals surface area contributed by atoms with Gasteiger partial charge in [-0.25, -0.2) is 0 Å². The molecule has 1 atom stereocenters. The Bertz CT molecular complexity index is 858. The van der Waals surface area contributed by atoms with E-state index in [4.69, 9.17) is 14.7 Å². The largest absolute Gasteiger partial charge is 0.479 e. The van der Waals surface area contributed by atoms with Crippen molar-refractivity contribution in [2.24, 2.45) is 0 Å². The van der Waals surface area contributed by atoms with Crippen LogP contribution >= 0.6 is 0 Å². The SMILES string of the molecule is CC1Oc2ccccc2N(CC(=O)Nc2ccc(OCC#N)cc2)C1=O. The topological polar surface area (TPSA) is 91.7 Å². The molecule has 1 N–H and O–H groups in total. The quantitative estimate of drug-likeness (QED) is 0.893. The van der Waals surface area contributed by atoms with Crippen molar-refractivity contribution in [1.29, 1.82) is 5.26 Å². The second kappa shape index (κ2) is 7.57. The summed E-state index contributed by atoms with van der Waals surface area (Å²) in [5.41, 5.74) is 1.15. The lowest BCUT2D eigenvalue weighted by molar-refractivity contribution is -0.127. The fraction of sp³-hybridized carbons (Fsp3) is 0.211. The molecule has 0 saturated carbocycles. The highest BCUT2D eigenvalue weighted by molar-refractivity contribution is 6.06. The summed E-state index contributed by atoms with van der Waals surface area (Å²) < 4.78 is 10.7. The van der Waals surface area contributed by atoms with Crippen LogP contribution in [-0.2, 0) is 9.59 Å². The van der Waals surface area contributed by atoms with Gasteiger partial charge in [-0.3, -0.25) is 14.5 Å². The Labute approximate surface area is 150 Å². The first-order valence-electron chi connectivity index (χ1n) is 8.05. The van der Waals surface area contributed by atoms with Crippen LogP contribution in [0.4, 0.5) is 11.4 Å². The number of benzene rings is 2. The van der Waals surface area contributed by atoms with Crippen molar-refractivity contribution in [1.82, 2.24) is 0 Å². The van der Waals surface area contributed by atoms with Gasteiger partial charge in [0.1, 0.15) is 24.1 Å². The van der Waals surface area contributed by atoms with Crippen LogP contribution in [0.2, 0.25) is 0 Å². The number of ether oxygens (including phenoxy) is 2. The molecule has 1 aliphatic heterocycles. The maximum absolute atomic E-state index is 12.4. The molecule has 3 rings (SSSR count). The third-order valence-corrected chi connectivity index (χ3v) is 3.82. The Morgan fingerprint density at radius 3 is 2.73 bits per heavy atom. The standard InChI is InChI=1S/C19H17N3O4/c1-13-19(24)22(16-4-2-3-5-17(16)26-13)12-18(23)21-14-6-8-15(9-7-14)25-11-10-20/h2-9,13H,11-12H2,1H3,(H,21,23). The average Bonchev–Trinajstić information content (AvgIpc) is 2.65. The summed E-state index contributed by atoms with van der Waals surface area (Å²) in [5.74, 6) is 0.522. The molecule has 132 valence electrons. The van der Waals surface area contributed by atoms with E-state index in [1.807, 2.05) is 12.1 Å². The van der Waals surface area contributed by atoms with Crippen LogP contribution in [0.25, 0.3) is 0 Å². The third-order valence-electron chi connectivity index (χ3n) is 3.82. The van der Waals surface area contributed by atoms with Gasteiger partial charge in [0, 0.05) is 5.69 Å². The van der Waals surface area contributed by atoms with Gasteiger partial charge in [0.15, 0.2) is 12.7 Å². The van der Waals surface area contributed by atoms with Gasteiger partial charge in [0.25, 0.3) is 5.91 Å². The van der Waals surface area contributed by atoms with Gasteiger partial charge < -0.3 is 14.8 Å². The summed E-state index contributed by atoms with van der Waals surface area (Å²) in [6, 6.07) is 15.7. The zero-order chi connectivity index (χ0) is 18.5. The number of anilines is 2. The summed E-state index contributed by atoms with van der Waals surface area (Å²) in [7, 11) is 0. The van der Waals surface area contributed by atoms with Gasteiger partial charge in [0.05, 0.1) is 5.69 Å². The number of nitriles is 1. The number of rotatable bonds is 5. The molecule has 2 aromatic carbocycles. The fourth-order valence-corrected chi connectivity index (χ4v) is 2.62. The number of carbonyl (C=O) groups excluding carboxylic acids is 2. The number of hydrogen-bond donors (Lipinski definition) is 1. The zero-order valence-corrected chi connectivity index (χ0v) is 14.1. The van der Waals surface area contributed by atoms with Gasteiger partial charge >= 0.3 is 0 Å². The number of carbonyl (C=O) groups is 2. The Morgan fingerprint density at radius 2 is 2.00 bits per heavy atom. The number of fused-ring (bicyclic) bond motifs is 1. The molecular weight excluding hydrogens is 334 g/mol. The van der Waals surface area contributed by atoms with E-state index in [-0.39, 0.29) is 25.0 Å². The minimum absolute atomic E-state index is 0.0392. The molecule has 2 aromatic rings. The smallest absolute Gasteiger partial charge is 0.268 e. The lowest BCUT2D eigenvalue weighted by atomic mass is 10.2. The molecule has 0 bridgehead atoms. The first kappa shape index (κ1) is 17.3. The Kier molecular flexibility index (Phi) is 5.04. The highest BCUT2D eigenvalue weighted by Gasteiger charge is 2.32. The van der Waals surface area contributed by atoms with Crippen molar-refractivity contribution in [2.75, 3.05) is 23.4 Å². The number of para-hydroxylation sites is 2. The van der Waals surface area contributed by atoms with E-state index in [1.165, 1.54) is 4.90 Å². The molecule has 1 heterocycles. The fourth-order valence-electron chi connectivity index (χ4n) is 2.62. The van der Waals surface area contributed by atoms with Crippen LogP contribution in [0.3, 0.4) is 0 Å². The zero-order valence-electron chi connectivity index (χ0n) is 14.1. The minimum atomic E-state index is -0.644. The Balaban J connectivity index is 1.68. The van der Waals surface area contributed by atoms with Crippen molar-refractivity contribution in [3.63, 3.8) is 0 Å². The molecule has 1 unspecified atom stereocenters. The summed E-state index contributed by atoms with van der Waals surface area (Å²) in [6.07, 6.45) is -0.644. The van der Waals surface area contributed by atoms with Gasteiger partial charge in [-0.2, -0.15) is 5.26 Å². The molecule has 0 aliphatic carbocycles. The van der Waals surface area contributed by atoms with Crippen LogP contribution < -0.4 is 19.7 Å². The molecule has 0 spiro atoms. The van der Waals surface area contributed by atoms with E-state index >= 15 is 0 Å². The Hall–Kier alpha value is -3.53. The van der Waals surface area contributed by atoms with Crippen molar-refractivity contribution < 1.29 is 19.1 Å². The second-order valence-corrected chi connectivity index (χ2v) is 5.67. The van der Waals surface area contributed by atoms with Crippen LogP contribution in [0.5, 0.6) is 11.5 Å². The predicted octanol–water partition coefficient (Wildman–Crippen LogP) is 2.34. The summed E-state index contributed by atoms with van der Waals surface area (Å²) in [6.45, 7) is 1.50. The summed E-state index contributed by atoms with van der Waals surface area (Å²) >= 11 is 0. The lowest BCUT2D eigenvalue weighted by Gasteiger charge is -2.32. The number of nitrogens with one attached hydrogen (secondary N) is 1. The van der Waals surface area contributed by atoms with Crippen LogP contribution in [-0.4, -0.2) is 31.1 Å². The van der Waals surface area contributed by atoms with Gasteiger partial charge in [-0.15, -0.1) is 0 Å². The molecule has 2 amide bonds. The van der Waals surface area contributed by atoms with Crippen LogP contribution in [0, 0.1) is 11.3 Å². The van der Waals surface area contributed by atoms with Crippen molar-refractivity contribution in [3.8, 4) is 17.6 Å². The number of hydrogen-bond acceptors (Lipinski definition) is 5. The molecular formula is C19H17N3O4. The first-order chi connectivity index (χ1) is 12.6. The van der Waals surface area contributed by atoms with Gasteiger partial charge in [-0.05, 0) is 43.3 Å². The molecule has 7 nitrogen and oxygen atoms in total. The maximum atomic E-state index is 12.4. The summed E-state index contributed by atoms with van der Waals surface area (Å²) in [4.78, 5) is 26.2. The maximum Gasteiger partial charge on any atom is 0.268 e. The first-order valence-corrected chi connectivity index (χ1v) is 8.05. The minimum Gasteiger partial charge on any atom is -0.479 e. The average molecular weight is 351 g/mol. The molecule has 0 aromatic heterocycles. The van der Waals surface area contributed by atoms with E-state index in [1.54, 1.807) is 49.4 Å². The van der Waals surface area contributed by atoms with Crippen molar-refractivity contribution >= 4 is 23.2 Å². The van der Waals surface area contributed by atoms with E-state index in [9.17, 15) is 9.59 Å². The highest BCUT2D eigenvalue weighted by Crippen LogP contribution is 2.33. The number of nitrogens with zero attached hydrogens (tertiary/aromatic N) is 2. The Morgan fingerprint density at radius 1 is 1.27 bits per heavy atom. The monoisotopic (exact) mass is 351 g/mol. The van der Waals surface area contributed by atoms with Crippen LogP contribution in [0.15, 0.2) is 48.5 Å². The van der Waals surface area contributed by atoms with Crippen molar-refractivity contribution in [2.45, 2.75) is 13.0 Å². The molecule has 7 heteroatoms. The molecule has 0 saturated heterocycles. The summed E-state index contributed by atoms with van der Waals surface area (Å²) in [5, 5.41) is 11.2. The van der Waals surface area contributed by atoms with Crippen molar-refractivity contribution in [3.05, 3.63) is 48.5 Å². The van der Waals surface area contributed by atoms with Gasteiger partial charge in [0.2, 0.25) is 5.91 Å². The predicted molar refractivity (Wildman–Crippen MR) is 95.1 cm³/mol. The van der Waals surface area contributed by atoms with Crippen LogP contribution in [0.1, 0.15) is 6.92 Å². The third kappa shape index (κ3) is 3.75. The van der Waals surface area contributed by atoms with E-state index in [0.29, 0.717) is 22.9 Å². The van der Waals surface area contributed by atoms with E-state index < -0.39 is 6.10 Å². The molecule has 0 radical (unpaired) electrons. The molecule has 1 aliphatic rings. The molecule has 26 heavy (non-hydrogen) atoms.